The van der Waals surface area contributed by atoms with Gasteiger partial charge in [0.2, 0.25) is 0 Å². The molecule has 0 fully saturated rings. The summed E-state index contributed by atoms with van der Waals surface area (Å²) in [5.41, 5.74) is 3.69. The van der Waals surface area contributed by atoms with Crippen molar-refractivity contribution in [2.75, 3.05) is 27.7 Å². The Hall–Kier alpha value is -0.660. The number of aromatic nitrogens is 2. The zero-order valence-electron chi connectivity index (χ0n) is 12.9. The maximum Gasteiger partial charge on any atom is 0.0907 e. The molecule has 6 nitrogen and oxygen atoms in total. The first kappa shape index (κ1) is 17.4. The molecule has 2 unspecified atom stereocenters. The van der Waals surface area contributed by atoms with Crippen molar-refractivity contribution in [3.8, 4) is 0 Å². The van der Waals surface area contributed by atoms with Crippen LogP contribution in [0.1, 0.15) is 25.6 Å². The fraction of sp³-hybridized carbons (Fsp3) is 0.769. The van der Waals surface area contributed by atoms with Crippen molar-refractivity contribution in [2.45, 2.75) is 32.5 Å². The van der Waals surface area contributed by atoms with E-state index in [2.05, 4.69) is 29.3 Å². The van der Waals surface area contributed by atoms with Gasteiger partial charge in [0, 0.05) is 13.7 Å². The van der Waals surface area contributed by atoms with Crippen molar-refractivity contribution in [2.24, 2.45) is 11.8 Å². The monoisotopic (exact) mass is 303 g/mol. The van der Waals surface area contributed by atoms with Crippen molar-refractivity contribution < 1.29 is 4.74 Å². The first-order valence-corrected chi connectivity index (χ1v) is 7.15. The number of nitrogens with zero attached hydrogens (tertiary/aromatic N) is 3. The molecule has 3 N–H and O–H groups in total. The Labute approximate surface area is 126 Å². The molecule has 20 heavy (non-hydrogen) atoms. The lowest BCUT2D eigenvalue weighted by Crippen LogP contribution is -2.41. The highest BCUT2D eigenvalue weighted by molar-refractivity contribution is 6.31. The molecule has 0 aromatic carbocycles. The molecule has 0 aliphatic carbocycles. The lowest BCUT2D eigenvalue weighted by molar-refractivity contribution is 0.0300. The molecule has 0 saturated carbocycles. The van der Waals surface area contributed by atoms with Crippen LogP contribution in [-0.2, 0) is 11.3 Å². The Morgan fingerprint density at radius 1 is 1.50 bits per heavy atom. The summed E-state index contributed by atoms with van der Waals surface area (Å²) in [6.45, 7) is 5.81. The Balaban J connectivity index is 3.04. The Kier molecular flexibility index (Phi) is 6.91. The summed E-state index contributed by atoms with van der Waals surface area (Å²) in [6.07, 6.45) is 1.58. The number of likely N-dealkylation sites (N-methyl/N-ethyl adjacent to an activating group) is 1. The van der Waals surface area contributed by atoms with Gasteiger partial charge >= 0.3 is 0 Å². The number of ether oxygens (including phenoxy) is 1. The van der Waals surface area contributed by atoms with Crippen LogP contribution in [0.15, 0.2) is 6.20 Å². The Bertz CT molecular complexity index is 407. The van der Waals surface area contributed by atoms with Gasteiger partial charge in [-0.25, -0.2) is 5.43 Å². The number of nitrogens with two attached hydrogens (primary N) is 1. The minimum Gasteiger partial charge on any atom is -0.379 e. The van der Waals surface area contributed by atoms with Gasteiger partial charge in [-0.15, -0.1) is 0 Å². The molecule has 1 rings (SSSR count). The third-order valence-corrected chi connectivity index (χ3v) is 3.62. The quantitative estimate of drug-likeness (QED) is 0.559. The minimum absolute atomic E-state index is 0.0766. The minimum atomic E-state index is -0.197. The molecule has 0 aliphatic rings. The lowest BCUT2D eigenvalue weighted by Gasteiger charge is -2.29. The van der Waals surface area contributed by atoms with Crippen LogP contribution in [0, 0.1) is 5.92 Å². The number of methoxy groups -OCH3 is 1. The molecule has 0 radical (unpaired) electrons. The standard InChI is InChI=1S/C13H26ClN5O/c1-9(2)13(20-5)11(17-15)12-10(14)8-16-19(12)7-6-18(3)4/h8-9,11,13,17H,6-7,15H2,1-5H3. The fourth-order valence-corrected chi connectivity index (χ4v) is 2.54. The van der Waals surface area contributed by atoms with E-state index in [-0.39, 0.29) is 12.1 Å². The van der Waals surface area contributed by atoms with Gasteiger partial charge in [0.1, 0.15) is 0 Å². The third-order valence-electron chi connectivity index (χ3n) is 3.32. The average Bonchev–Trinajstić information content (AvgIpc) is 2.74. The third kappa shape index (κ3) is 4.17. The van der Waals surface area contributed by atoms with Gasteiger partial charge in [0.05, 0.1) is 35.6 Å². The summed E-state index contributed by atoms with van der Waals surface area (Å²) in [6, 6.07) is -0.197. The van der Waals surface area contributed by atoms with Crippen molar-refractivity contribution in [3.05, 3.63) is 16.9 Å². The molecule has 0 aliphatic heterocycles. The van der Waals surface area contributed by atoms with Gasteiger partial charge in [-0.2, -0.15) is 5.10 Å². The lowest BCUT2D eigenvalue weighted by atomic mass is 9.97. The van der Waals surface area contributed by atoms with E-state index in [0.717, 1.165) is 18.8 Å². The highest BCUT2D eigenvalue weighted by Crippen LogP contribution is 2.29. The normalized spacial score (nSPS) is 15.1. The molecular weight excluding hydrogens is 278 g/mol. The molecule has 0 spiro atoms. The van der Waals surface area contributed by atoms with Crippen LogP contribution >= 0.6 is 11.6 Å². The first-order chi connectivity index (χ1) is 9.42. The topological polar surface area (TPSA) is 68.3 Å². The highest BCUT2D eigenvalue weighted by Gasteiger charge is 2.30. The van der Waals surface area contributed by atoms with Crippen molar-refractivity contribution in [3.63, 3.8) is 0 Å². The smallest absolute Gasteiger partial charge is 0.0907 e. The van der Waals surface area contributed by atoms with E-state index in [9.17, 15) is 0 Å². The van der Waals surface area contributed by atoms with Gasteiger partial charge in [0.25, 0.3) is 0 Å². The number of hydrazine groups is 1. The van der Waals surface area contributed by atoms with Crippen molar-refractivity contribution in [1.82, 2.24) is 20.1 Å². The number of hydrogen-bond donors (Lipinski definition) is 2. The number of hydrogen-bond acceptors (Lipinski definition) is 5. The summed E-state index contributed by atoms with van der Waals surface area (Å²) < 4.78 is 7.46. The van der Waals surface area contributed by atoms with Crippen LogP contribution in [0.25, 0.3) is 0 Å². The summed E-state index contributed by atoms with van der Waals surface area (Å²) in [5.74, 6) is 6.03. The summed E-state index contributed by atoms with van der Waals surface area (Å²) in [7, 11) is 5.73. The van der Waals surface area contributed by atoms with E-state index in [1.807, 2.05) is 18.8 Å². The second-order valence-electron chi connectivity index (χ2n) is 5.49. The van der Waals surface area contributed by atoms with Crippen molar-refractivity contribution >= 4 is 11.6 Å². The molecule has 0 saturated heterocycles. The molecule has 0 amide bonds. The molecule has 7 heteroatoms. The van der Waals surface area contributed by atoms with Crippen LogP contribution in [0.4, 0.5) is 0 Å². The number of rotatable bonds is 8. The summed E-state index contributed by atoms with van der Waals surface area (Å²) in [5, 5.41) is 4.95. The van der Waals surface area contributed by atoms with E-state index in [4.69, 9.17) is 22.2 Å². The van der Waals surface area contributed by atoms with Gasteiger partial charge in [-0.05, 0) is 20.0 Å². The maximum absolute atomic E-state index is 6.29. The molecule has 0 bridgehead atoms. The highest BCUT2D eigenvalue weighted by atomic mass is 35.5. The number of nitrogens with one attached hydrogen (secondary N) is 1. The maximum atomic E-state index is 6.29. The van der Waals surface area contributed by atoms with Crippen LogP contribution in [0.2, 0.25) is 5.02 Å². The Morgan fingerprint density at radius 3 is 2.60 bits per heavy atom. The summed E-state index contributed by atoms with van der Waals surface area (Å²) in [4.78, 5) is 2.10. The second kappa shape index (κ2) is 7.95. The van der Waals surface area contributed by atoms with Crippen LogP contribution in [0.3, 0.4) is 0 Å². The molecule has 2 atom stereocenters. The van der Waals surface area contributed by atoms with E-state index in [0.29, 0.717) is 10.9 Å². The van der Waals surface area contributed by atoms with Gasteiger partial charge < -0.3 is 9.64 Å². The molecule has 116 valence electrons. The van der Waals surface area contributed by atoms with Gasteiger partial charge in [0.15, 0.2) is 0 Å². The van der Waals surface area contributed by atoms with E-state index >= 15 is 0 Å². The van der Waals surface area contributed by atoms with E-state index in [1.165, 1.54) is 0 Å². The predicted molar refractivity (Wildman–Crippen MR) is 81.5 cm³/mol. The van der Waals surface area contributed by atoms with E-state index in [1.54, 1.807) is 13.3 Å². The number of halogens is 1. The molecule has 1 aromatic rings. The molecular formula is C13H26ClN5O. The predicted octanol–water partition coefficient (Wildman–Crippen LogP) is 1.27. The zero-order chi connectivity index (χ0) is 15.3. The van der Waals surface area contributed by atoms with Crippen LogP contribution < -0.4 is 11.3 Å². The van der Waals surface area contributed by atoms with Crippen molar-refractivity contribution in [1.29, 1.82) is 0 Å². The second-order valence-corrected chi connectivity index (χ2v) is 5.90. The largest absolute Gasteiger partial charge is 0.379 e. The zero-order valence-corrected chi connectivity index (χ0v) is 13.7. The Morgan fingerprint density at radius 2 is 2.15 bits per heavy atom. The molecule has 1 heterocycles. The first-order valence-electron chi connectivity index (χ1n) is 6.77. The average molecular weight is 304 g/mol. The van der Waals surface area contributed by atoms with Crippen LogP contribution in [0.5, 0.6) is 0 Å². The SMILES string of the molecule is COC(C(C)C)C(NN)c1c(Cl)cnn1CCN(C)C. The van der Waals surface area contributed by atoms with E-state index < -0.39 is 0 Å². The summed E-state index contributed by atoms with van der Waals surface area (Å²) >= 11 is 6.29. The molecule has 1 aromatic heterocycles. The van der Waals surface area contributed by atoms with Gasteiger partial charge in [-0.1, -0.05) is 25.4 Å². The van der Waals surface area contributed by atoms with Crippen LogP contribution in [-0.4, -0.2) is 48.5 Å². The van der Waals surface area contributed by atoms with Gasteiger partial charge in [-0.3, -0.25) is 10.5 Å². The fourth-order valence-electron chi connectivity index (χ4n) is 2.28.